The van der Waals surface area contributed by atoms with Gasteiger partial charge in [0.15, 0.2) is 5.82 Å². The molecule has 3 heterocycles. The van der Waals surface area contributed by atoms with Gasteiger partial charge in [0, 0.05) is 25.6 Å². The van der Waals surface area contributed by atoms with Crippen LogP contribution in [0.25, 0.3) is 11.0 Å². The van der Waals surface area contributed by atoms with Gasteiger partial charge < -0.3 is 9.64 Å². The van der Waals surface area contributed by atoms with Crippen LogP contribution in [0.5, 0.6) is 0 Å². The Balaban J connectivity index is 2.20. The Morgan fingerprint density at radius 3 is 2.39 bits per heavy atom. The molecule has 0 amide bonds. The maximum atomic E-state index is 5.88. The smallest absolute Gasteiger partial charge is 0.158 e. The zero-order chi connectivity index (χ0) is 16.7. The predicted octanol–water partition coefficient (Wildman–Crippen LogP) is 2.89. The molecule has 0 radical (unpaired) electrons. The highest BCUT2D eigenvalue weighted by Gasteiger charge is 2.27. The van der Waals surface area contributed by atoms with E-state index in [0.717, 1.165) is 48.0 Å². The number of aromatic nitrogens is 4. The van der Waals surface area contributed by atoms with E-state index in [1.54, 1.807) is 0 Å². The fraction of sp³-hybridized carbons (Fsp3) is 0.706. The number of morpholine rings is 1. The number of anilines is 1. The summed E-state index contributed by atoms with van der Waals surface area (Å²) in [4.78, 5) is 12.0. The first-order chi connectivity index (χ1) is 10.9. The number of hydrogen-bond donors (Lipinski definition) is 0. The minimum atomic E-state index is 0.199. The summed E-state index contributed by atoms with van der Waals surface area (Å²) < 4.78 is 7.90. The number of rotatable bonds is 3. The Bertz CT molecular complexity index is 699. The minimum Gasteiger partial charge on any atom is -0.372 e. The van der Waals surface area contributed by atoms with Crippen molar-refractivity contribution in [1.29, 1.82) is 0 Å². The molecule has 1 fully saturated rings. The summed E-state index contributed by atoms with van der Waals surface area (Å²) in [5.41, 5.74) is 3.00. The number of nitrogens with zero attached hydrogens (tertiary/aromatic N) is 5. The van der Waals surface area contributed by atoms with Gasteiger partial charge in [-0.15, -0.1) is 0 Å². The van der Waals surface area contributed by atoms with E-state index in [9.17, 15) is 0 Å². The molecule has 2 unspecified atom stereocenters. The summed E-state index contributed by atoms with van der Waals surface area (Å²) >= 11 is 0. The molecule has 2 atom stereocenters. The zero-order valence-electron chi connectivity index (χ0n) is 15.0. The number of fused-ring (bicyclic) bond motifs is 1. The van der Waals surface area contributed by atoms with Crippen LogP contribution in [0, 0.1) is 6.92 Å². The summed E-state index contributed by atoms with van der Waals surface area (Å²) in [6.07, 6.45) is 0.399. The van der Waals surface area contributed by atoms with Crippen LogP contribution in [0.15, 0.2) is 0 Å². The molecule has 0 bridgehead atoms. The lowest BCUT2D eigenvalue weighted by Gasteiger charge is -2.36. The summed E-state index contributed by atoms with van der Waals surface area (Å²) in [6.45, 7) is 15.2. The minimum absolute atomic E-state index is 0.199. The molecule has 2 aromatic rings. The van der Waals surface area contributed by atoms with E-state index in [2.05, 4.69) is 44.6 Å². The average Bonchev–Trinajstić information content (AvgIpc) is 2.82. The van der Waals surface area contributed by atoms with Gasteiger partial charge >= 0.3 is 0 Å². The second-order valence-corrected chi connectivity index (χ2v) is 6.82. The number of aryl methyl sites for hydroxylation is 2. The highest BCUT2D eigenvalue weighted by atomic mass is 16.5. The third-order valence-corrected chi connectivity index (χ3v) is 4.29. The lowest BCUT2D eigenvalue weighted by molar-refractivity contribution is -0.00540. The molecule has 0 spiro atoms. The Hall–Kier alpha value is -1.69. The van der Waals surface area contributed by atoms with Crippen LogP contribution in [0.3, 0.4) is 0 Å². The second kappa shape index (κ2) is 6.07. The highest BCUT2D eigenvalue weighted by molar-refractivity contribution is 5.88. The van der Waals surface area contributed by atoms with Crippen molar-refractivity contribution in [2.45, 2.75) is 66.2 Å². The van der Waals surface area contributed by atoms with Crippen molar-refractivity contribution in [3.8, 4) is 0 Å². The topological polar surface area (TPSA) is 56.1 Å². The van der Waals surface area contributed by atoms with Crippen LogP contribution in [0.1, 0.15) is 52.1 Å². The van der Waals surface area contributed by atoms with E-state index in [1.807, 2.05) is 11.6 Å². The Morgan fingerprint density at radius 2 is 1.83 bits per heavy atom. The average molecular weight is 317 g/mol. The van der Waals surface area contributed by atoms with E-state index >= 15 is 0 Å². The van der Waals surface area contributed by atoms with Crippen LogP contribution in [0.4, 0.5) is 5.82 Å². The monoisotopic (exact) mass is 317 g/mol. The van der Waals surface area contributed by atoms with Crippen LogP contribution in [-0.4, -0.2) is 45.0 Å². The van der Waals surface area contributed by atoms with E-state index in [-0.39, 0.29) is 12.2 Å². The normalized spacial score (nSPS) is 22.3. The maximum Gasteiger partial charge on any atom is 0.158 e. The molecule has 0 aliphatic carbocycles. The molecule has 2 aromatic heterocycles. The van der Waals surface area contributed by atoms with Crippen molar-refractivity contribution < 1.29 is 4.74 Å². The van der Waals surface area contributed by atoms with Gasteiger partial charge in [-0.3, -0.25) is 4.68 Å². The number of hydrogen-bond acceptors (Lipinski definition) is 5. The van der Waals surface area contributed by atoms with Gasteiger partial charge in [0.1, 0.15) is 16.9 Å². The molecular weight excluding hydrogens is 290 g/mol. The van der Waals surface area contributed by atoms with Crippen molar-refractivity contribution in [2.24, 2.45) is 0 Å². The summed E-state index contributed by atoms with van der Waals surface area (Å²) in [5.74, 6) is 2.18. The maximum absolute atomic E-state index is 5.88. The molecule has 1 saturated heterocycles. The van der Waals surface area contributed by atoms with Gasteiger partial charge in [0.05, 0.1) is 17.9 Å². The van der Waals surface area contributed by atoms with Gasteiger partial charge in [0.2, 0.25) is 0 Å². The lowest BCUT2D eigenvalue weighted by atomic mass is 10.2. The molecule has 1 aliphatic rings. The van der Waals surface area contributed by atoms with E-state index in [4.69, 9.17) is 14.7 Å². The van der Waals surface area contributed by atoms with Crippen LogP contribution in [-0.2, 0) is 11.3 Å². The van der Waals surface area contributed by atoms with Gasteiger partial charge in [0.25, 0.3) is 0 Å². The van der Waals surface area contributed by atoms with Crippen LogP contribution < -0.4 is 4.90 Å². The molecule has 126 valence electrons. The second-order valence-electron chi connectivity index (χ2n) is 6.82. The van der Waals surface area contributed by atoms with Crippen LogP contribution >= 0.6 is 0 Å². The molecule has 0 N–H and O–H groups in total. The van der Waals surface area contributed by atoms with Crippen molar-refractivity contribution in [3.05, 3.63) is 11.5 Å². The first-order valence-electron chi connectivity index (χ1n) is 8.56. The Kier molecular flexibility index (Phi) is 4.27. The molecule has 1 aliphatic heterocycles. The summed E-state index contributed by atoms with van der Waals surface area (Å²) in [6, 6.07) is 0. The van der Waals surface area contributed by atoms with E-state index < -0.39 is 0 Å². The Labute approximate surface area is 137 Å². The molecule has 3 rings (SSSR count). The largest absolute Gasteiger partial charge is 0.372 e. The quantitative estimate of drug-likeness (QED) is 0.871. The van der Waals surface area contributed by atoms with Crippen molar-refractivity contribution >= 4 is 16.9 Å². The summed E-state index contributed by atoms with van der Waals surface area (Å²) in [5, 5.41) is 4.66. The molecule has 23 heavy (non-hydrogen) atoms. The SMILES string of the molecule is CCn1nc(C)c2nc(C(C)C)nc(N3CC(C)OC(C)C3)c21. The van der Waals surface area contributed by atoms with Gasteiger partial charge in [-0.05, 0) is 27.7 Å². The van der Waals surface area contributed by atoms with Gasteiger partial charge in [-0.2, -0.15) is 5.10 Å². The summed E-state index contributed by atoms with van der Waals surface area (Å²) in [7, 11) is 0. The Morgan fingerprint density at radius 1 is 1.17 bits per heavy atom. The predicted molar refractivity (Wildman–Crippen MR) is 92.0 cm³/mol. The van der Waals surface area contributed by atoms with Crippen molar-refractivity contribution in [2.75, 3.05) is 18.0 Å². The third kappa shape index (κ3) is 2.92. The van der Waals surface area contributed by atoms with Crippen molar-refractivity contribution in [3.63, 3.8) is 0 Å². The fourth-order valence-corrected chi connectivity index (χ4v) is 3.29. The van der Waals surface area contributed by atoms with Gasteiger partial charge in [-0.1, -0.05) is 13.8 Å². The zero-order valence-corrected chi connectivity index (χ0v) is 15.0. The standard InChI is InChI=1S/C17H27N5O/c1-7-22-15-14(13(6)20-22)18-16(10(2)3)19-17(15)21-8-11(4)23-12(5)9-21/h10-12H,7-9H2,1-6H3. The molecular formula is C17H27N5O. The molecule has 0 aromatic carbocycles. The lowest BCUT2D eigenvalue weighted by Crippen LogP contribution is -2.46. The van der Waals surface area contributed by atoms with E-state index in [1.165, 1.54) is 0 Å². The third-order valence-electron chi connectivity index (χ3n) is 4.29. The fourth-order valence-electron chi connectivity index (χ4n) is 3.29. The molecule has 0 saturated carbocycles. The molecule has 6 nitrogen and oxygen atoms in total. The first kappa shape index (κ1) is 16.2. The van der Waals surface area contributed by atoms with E-state index in [0.29, 0.717) is 5.92 Å². The number of ether oxygens (including phenoxy) is 1. The van der Waals surface area contributed by atoms with Crippen LogP contribution in [0.2, 0.25) is 0 Å². The van der Waals surface area contributed by atoms with Gasteiger partial charge in [-0.25, -0.2) is 9.97 Å². The van der Waals surface area contributed by atoms with Crippen molar-refractivity contribution in [1.82, 2.24) is 19.7 Å². The first-order valence-corrected chi connectivity index (χ1v) is 8.56. The molecule has 6 heteroatoms. The highest BCUT2D eigenvalue weighted by Crippen LogP contribution is 2.30.